The Hall–Kier alpha value is -3.98. The third kappa shape index (κ3) is 7.58. The molecule has 0 spiro atoms. The van der Waals surface area contributed by atoms with Crippen LogP contribution in [0.4, 0.5) is 0 Å². The van der Waals surface area contributed by atoms with Crippen LogP contribution in [0.2, 0.25) is 0 Å². The Morgan fingerprint density at radius 1 is 1.00 bits per heavy atom. The van der Waals surface area contributed by atoms with Crippen molar-refractivity contribution in [2.75, 3.05) is 13.2 Å². The van der Waals surface area contributed by atoms with Gasteiger partial charge in [0.05, 0.1) is 19.4 Å². The molecule has 0 aliphatic rings. The zero-order valence-corrected chi connectivity index (χ0v) is 18.8. The van der Waals surface area contributed by atoms with E-state index in [2.05, 4.69) is 15.8 Å². The Labute approximate surface area is 195 Å². The van der Waals surface area contributed by atoms with Gasteiger partial charge in [0.1, 0.15) is 16.4 Å². The molecule has 0 unspecified atom stereocenters. The van der Waals surface area contributed by atoms with Crippen molar-refractivity contribution >= 4 is 35.3 Å². The summed E-state index contributed by atoms with van der Waals surface area (Å²) in [6.07, 6.45) is 2.34. The van der Waals surface area contributed by atoms with Crippen LogP contribution in [0.3, 0.4) is 0 Å². The Kier molecular flexibility index (Phi) is 8.72. The minimum absolute atomic E-state index is 0.220. The van der Waals surface area contributed by atoms with Gasteiger partial charge in [-0.15, -0.1) is 11.3 Å². The highest BCUT2D eigenvalue weighted by molar-refractivity contribution is 7.12. The number of hydrogen-bond donors (Lipinski definition) is 2. The summed E-state index contributed by atoms with van der Waals surface area (Å²) in [5.41, 5.74) is 3.47. The lowest BCUT2D eigenvalue weighted by Gasteiger charge is -2.07. The molecule has 0 saturated heterocycles. The number of benzene rings is 2. The number of rotatable bonds is 10. The number of hydrazone groups is 1. The minimum Gasteiger partial charge on any atom is -0.494 e. The summed E-state index contributed by atoms with van der Waals surface area (Å²) in [6, 6.07) is 16.8. The number of nitrogens with zero attached hydrogens (tertiary/aromatic N) is 1. The van der Waals surface area contributed by atoms with Crippen LogP contribution in [0.5, 0.6) is 11.5 Å². The number of carbonyl (C=O) groups excluding carboxylic acids is 3. The van der Waals surface area contributed by atoms with E-state index in [1.807, 2.05) is 6.92 Å². The van der Waals surface area contributed by atoms with E-state index in [-0.39, 0.29) is 12.5 Å². The third-order valence-corrected chi connectivity index (χ3v) is 5.06. The maximum absolute atomic E-state index is 12.1. The molecule has 3 aromatic rings. The van der Waals surface area contributed by atoms with Gasteiger partial charge in [-0.3, -0.25) is 9.59 Å². The van der Waals surface area contributed by atoms with E-state index in [0.717, 1.165) is 6.42 Å². The molecule has 1 aromatic heterocycles. The van der Waals surface area contributed by atoms with Crippen LogP contribution < -0.4 is 20.2 Å². The molecule has 0 radical (unpaired) electrons. The summed E-state index contributed by atoms with van der Waals surface area (Å²) in [6.45, 7) is 2.40. The molecular weight excluding hydrogens is 442 g/mol. The fourth-order valence-corrected chi connectivity index (χ4v) is 3.18. The molecule has 170 valence electrons. The van der Waals surface area contributed by atoms with Crippen molar-refractivity contribution < 1.29 is 23.9 Å². The molecule has 8 nitrogen and oxygen atoms in total. The fourth-order valence-electron chi connectivity index (χ4n) is 2.58. The van der Waals surface area contributed by atoms with E-state index in [1.165, 1.54) is 17.6 Å². The average Bonchev–Trinajstić information content (AvgIpc) is 3.38. The minimum atomic E-state index is -0.469. The lowest BCUT2D eigenvalue weighted by Crippen LogP contribution is -2.34. The monoisotopic (exact) mass is 465 g/mol. The molecule has 1 heterocycles. The van der Waals surface area contributed by atoms with E-state index in [4.69, 9.17) is 9.47 Å². The third-order valence-electron chi connectivity index (χ3n) is 4.21. The maximum Gasteiger partial charge on any atom is 0.353 e. The van der Waals surface area contributed by atoms with E-state index in [9.17, 15) is 14.4 Å². The first-order chi connectivity index (χ1) is 16.0. The van der Waals surface area contributed by atoms with Crippen LogP contribution in [0.1, 0.15) is 38.9 Å². The standard InChI is InChI=1S/C24H23N3O5S/c1-2-13-31-19-11-7-18(8-12-19)23(29)25-16-22(28)27-26-15-17-5-9-20(10-6-17)32-24(30)21-4-3-14-33-21/h3-12,14-15H,2,13,16H2,1H3,(H,25,29)(H,27,28)/b26-15+. The van der Waals surface area contributed by atoms with Gasteiger partial charge in [0.15, 0.2) is 0 Å². The van der Waals surface area contributed by atoms with Gasteiger partial charge in [-0.2, -0.15) is 5.10 Å². The molecule has 3 rings (SSSR count). The van der Waals surface area contributed by atoms with Crippen LogP contribution in [0.15, 0.2) is 71.1 Å². The molecule has 33 heavy (non-hydrogen) atoms. The summed E-state index contributed by atoms with van der Waals surface area (Å²) in [7, 11) is 0. The SMILES string of the molecule is CCCOc1ccc(C(=O)NCC(=O)N/N=C/c2ccc(OC(=O)c3cccs3)cc2)cc1. The molecule has 0 aliphatic heterocycles. The van der Waals surface area contributed by atoms with E-state index < -0.39 is 11.9 Å². The number of esters is 1. The lowest BCUT2D eigenvalue weighted by atomic mass is 10.2. The van der Waals surface area contributed by atoms with E-state index >= 15 is 0 Å². The number of hydrogen-bond acceptors (Lipinski definition) is 7. The van der Waals surface area contributed by atoms with Gasteiger partial charge < -0.3 is 14.8 Å². The van der Waals surface area contributed by atoms with Crippen molar-refractivity contribution in [3.63, 3.8) is 0 Å². The van der Waals surface area contributed by atoms with Gasteiger partial charge in [-0.1, -0.05) is 13.0 Å². The van der Waals surface area contributed by atoms with Gasteiger partial charge in [-0.05, 0) is 72.0 Å². The molecule has 2 aromatic carbocycles. The Morgan fingerprint density at radius 3 is 2.39 bits per heavy atom. The number of thiophene rings is 1. The second kappa shape index (κ2) is 12.2. The van der Waals surface area contributed by atoms with E-state index in [0.29, 0.717) is 34.1 Å². The Morgan fingerprint density at radius 2 is 1.73 bits per heavy atom. The van der Waals surface area contributed by atoms with Gasteiger partial charge >= 0.3 is 5.97 Å². The smallest absolute Gasteiger partial charge is 0.353 e. The largest absolute Gasteiger partial charge is 0.494 e. The van der Waals surface area contributed by atoms with Gasteiger partial charge in [-0.25, -0.2) is 10.2 Å². The molecule has 2 amide bonds. The molecule has 0 atom stereocenters. The van der Waals surface area contributed by atoms with Gasteiger partial charge in [0, 0.05) is 5.56 Å². The van der Waals surface area contributed by atoms with Gasteiger partial charge in [0.2, 0.25) is 0 Å². The van der Waals surface area contributed by atoms with Crippen LogP contribution in [0, 0.1) is 0 Å². The fraction of sp³-hybridized carbons (Fsp3) is 0.167. The zero-order valence-electron chi connectivity index (χ0n) is 17.9. The highest BCUT2D eigenvalue weighted by atomic mass is 32.1. The first-order valence-electron chi connectivity index (χ1n) is 10.2. The lowest BCUT2D eigenvalue weighted by molar-refractivity contribution is -0.120. The predicted octanol–water partition coefficient (Wildman–Crippen LogP) is 3.64. The quantitative estimate of drug-likeness (QED) is 0.206. The van der Waals surface area contributed by atoms with Crippen LogP contribution in [0.25, 0.3) is 0 Å². The van der Waals surface area contributed by atoms with Crippen LogP contribution in [-0.2, 0) is 4.79 Å². The second-order valence-corrected chi connectivity index (χ2v) is 7.73. The Bertz CT molecular complexity index is 1090. The van der Waals surface area contributed by atoms with E-state index in [1.54, 1.807) is 66.0 Å². The average molecular weight is 466 g/mol. The first-order valence-corrected chi connectivity index (χ1v) is 11.1. The number of nitrogens with one attached hydrogen (secondary N) is 2. The predicted molar refractivity (Wildman–Crippen MR) is 126 cm³/mol. The molecule has 0 aliphatic carbocycles. The molecule has 0 saturated carbocycles. The highest BCUT2D eigenvalue weighted by Gasteiger charge is 2.09. The topological polar surface area (TPSA) is 106 Å². The number of ether oxygens (including phenoxy) is 2. The normalized spacial score (nSPS) is 10.6. The van der Waals surface area contributed by atoms with Crippen molar-refractivity contribution in [2.24, 2.45) is 5.10 Å². The summed E-state index contributed by atoms with van der Waals surface area (Å²) in [5.74, 6) is -0.161. The molecule has 0 fully saturated rings. The van der Waals surface area contributed by atoms with Crippen molar-refractivity contribution in [3.8, 4) is 11.5 Å². The number of amides is 2. The highest BCUT2D eigenvalue weighted by Crippen LogP contribution is 2.16. The molecule has 2 N–H and O–H groups in total. The Balaban J connectivity index is 1.40. The second-order valence-electron chi connectivity index (χ2n) is 6.78. The van der Waals surface area contributed by atoms with Gasteiger partial charge in [0.25, 0.3) is 11.8 Å². The van der Waals surface area contributed by atoms with Crippen molar-refractivity contribution in [2.45, 2.75) is 13.3 Å². The van der Waals surface area contributed by atoms with Crippen LogP contribution >= 0.6 is 11.3 Å². The maximum atomic E-state index is 12.1. The first kappa shape index (κ1) is 23.7. The van der Waals surface area contributed by atoms with Crippen LogP contribution in [-0.4, -0.2) is 37.1 Å². The molecule has 9 heteroatoms. The zero-order chi connectivity index (χ0) is 23.5. The summed E-state index contributed by atoms with van der Waals surface area (Å²) in [5, 5.41) is 8.20. The summed E-state index contributed by atoms with van der Waals surface area (Å²) in [4.78, 5) is 36.5. The molecular formula is C24H23N3O5S. The molecule has 0 bridgehead atoms. The summed E-state index contributed by atoms with van der Waals surface area (Å²) >= 11 is 1.31. The van der Waals surface area contributed by atoms with Crippen molar-refractivity contribution in [1.82, 2.24) is 10.7 Å². The van der Waals surface area contributed by atoms with Crippen molar-refractivity contribution in [3.05, 3.63) is 82.0 Å². The summed E-state index contributed by atoms with van der Waals surface area (Å²) < 4.78 is 10.8. The number of carbonyl (C=O) groups is 3. The van der Waals surface area contributed by atoms with Crippen molar-refractivity contribution in [1.29, 1.82) is 0 Å².